The summed E-state index contributed by atoms with van der Waals surface area (Å²) in [5.41, 5.74) is 1.85. The second kappa shape index (κ2) is 4.20. The number of aryl methyl sites for hydroxylation is 1. The average molecular weight is 233 g/mol. The van der Waals surface area contributed by atoms with E-state index in [2.05, 4.69) is 0 Å². The first kappa shape index (κ1) is 11.6. The van der Waals surface area contributed by atoms with Gasteiger partial charge in [0, 0.05) is 12.7 Å². The number of amides is 1. The maximum absolute atomic E-state index is 12.0. The van der Waals surface area contributed by atoms with Gasteiger partial charge in [-0.3, -0.25) is 9.59 Å². The van der Waals surface area contributed by atoms with E-state index < -0.39 is 11.9 Å². The SMILES string of the molecule is Cc1ccccc1N(C)C(=O)[C@@H]1C[C@@H]1C(=O)O. The number of benzene rings is 1. The topological polar surface area (TPSA) is 57.6 Å². The Bertz CT molecular complexity index is 469. The lowest BCUT2D eigenvalue weighted by Gasteiger charge is -2.19. The largest absolute Gasteiger partial charge is 0.481 e. The van der Waals surface area contributed by atoms with E-state index in [0.29, 0.717) is 6.42 Å². The van der Waals surface area contributed by atoms with Crippen molar-refractivity contribution in [2.75, 3.05) is 11.9 Å². The molecule has 4 nitrogen and oxygen atoms in total. The smallest absolute Gasteiger partial charge is 0.307 e. The Morgan fingerprint density at radius 2 is 1.94 bits per heavy atom. The Kier molecular flexibility index (Phi) is 2.88. The van der Waals surface area contributed by atoms with Gasteiger partial charge in [-0.2, -0.15) is 0 Å². The molecule has 0 radical (unpaired) electrons. The van der Waals surface area contributed by atoms with Crippen LogP contribution in [0.2, 0.25) is 0 Å². The van der Waals surface area contributed by atoms with Crippen LogP contribution in [-0.2, 0) is 9.59 Å². The van der Waals surface area contributed by atoms with Crippen LogP contribution in [0.3, 0.4) is 0 Å². The van der Waals surface area contributed by atoms with Gasteiger partial charge in [0.1, 0.15) is 0 Å². The number of carboxylic acid groups (broad SMARTS) is 1. The van der Waals surface area contributed by atoms with E-state index in [1.165, 1.54) is 0 Å². The van der Waals surface area contributed by atoms with Crippen molar-refractivity contribution in [3.63, 3.8) is 0 Å². The zero-order chi connectivity index (χ0) is 12.6. The van der Waals surface area contributed by atoms with Crippen molar-refractivity contribution in [2.24, 2.45) is 11.8 Å². The van der Waals surface area contributed by atoms with Crippen molar-refractivity contribution >= 4 is 17.6 Å². The average Bonchev–Trinajstić information content (AvgIpc) is 3.08. The molecule has 1 aliphatic carbocycles. The number of anilines is 1. The Morgan fingerprint density at radius 3 is 2.47 bits per heavy atom. The molecule has 0 heterocycles. The summed E-state index contributed by atoms with van der Waals surface area (Å²) >= 11 is 0. The van der Waals surface area contributed by atoms with Crippen molar-refractivity contribution in [3.05, 3.63) is 29.8 Å². The molecule has 0 aromatic heterocycles. The summed E-state index contributed by atoms with van der Waals surface area (Å²) in [6.07, 6.45) is 0.463. The van der Waals surface area contributed by atoms with Crippen molar-refractivity contribution in [1.29, 1.82) is 0 Å². The summed E-state index contributed by atoms with van der Waals surface area (Å²) in [7, 11) is 1.70. The van der Waals surface area contributed by atoms with Gasteiger partial charge in [0.25, 0.3) is 0 Å². The molecule has 2 atom stereocenters. The van der Waals surface area contributed by atoms with Crippen LogP contribution in [0.15, 0.2) is 24.3 Å². The Balaban J connectivity index is 2.12. The fourth-order valence-electron chi connectivity index (χ4n) is 2.05. The van der Waals surface area contributed by atoms with Crippen molar-refractivity contribution in [1.82, 2.24) is 0 Å². The third kappa shape index (κ3) is 2.16. The third-order valence-electron chi connectivity index (χ3n) is 3.23. The van der Waals surface area contributed by atoms with E-state index in [4.69, 9.17) is 5.11 Å². The monoisotopic (exact) mass is 233 g/mol. The summed E-state index contributed by atoms with van der Waals surface area (Å²) in [4.78, 5) is 24.3. The second-order valence-corrected chi connectivity index (χ2v) is 4.47. The maximum Gasteiger partial charge on any atom is 0.307 e. The van der Waals surface area contributed by atoms with Crippen LogP contribution in [0, 0.1) is 18.8 Å². The van der Waals surface area contributed by atoms with Gasteiger partial charge < -0.3 is 10.0 Å². The molecule has 0 saturated heterocycles. The highest BCUT2D eigenvalue weighted by molar-refractivity contribution is 6.00. The first-order valence-electron chi connectivity index (χ1n) is 5.58. The number of hydrogen-bond acceptors (Lipinski definition) is 2. The molecule has 4 heteroatoms. The molecule has 17 heavy (non-hydrogen) atoms. The van der Waals surface area contributed by atoms with Gasteiger partial charge in [-0.05, 0) is 25.0 Å². The molecule has 1 aliphatic rings. The molecule has 1 amide bonds. The van der Waals surface area contributed by atoms with Crippen LogP contribution >= 0.6 is 0 Å². The molecule has 2 rings (SSSR count). The first-order chi connectivity index (χ1) is 8.02. The molecule has 0 spiro atoms. The van der Waals surface area contributed by atoms with E-state index in [0.717, 1.165) is 11.3 Å². The van der Waals surface area contributed by atoms with E-state index in [9.17, 15) is 9.59 Å². The lowest BCUT2D eigenvalue weighted by Crippen LogP contribution is -2.29. The molecule has 1 aromatic rings. The number of carbonyl (C=O) groups excluding carboxylic acids is 1. The van der Waals surface area contributed by atoms with Crippen molar-refractivity contribution in [3.8, 4) is 0 Å². The summed E-state index contributed by atoms with van der Waals surface area (Å²) in [5, 5.41) is 8.81. The highest BCUT2D eigenvalue weighted by Crippen LogP contribution is 2.40. The Hall–Kier alpha value is -1.84. The van der Waals surface area contributed by atoms with E-state index in [1.807, 2.05) is 31.2 Å². The summed E-state index contributed by atoms with van der Waals surface area (Å²) < 4.78 is 0. The van der Waals surface area contributed by atoms with Crippen LogP contribution in [0.1, 0.15) is 12.0 Å². The fourth-order valence-corrected chi connectivity index (χ4v) is 2.05. The van der Waals surface area contributed by atoms with Gasteiger partial charge in [-0.25, -0.2) is 0 Å². The molecule has 1 aromatic carbocycles. The molecule has 1 fully saturated rings. The van der Waals surface area contributed by atoms with Crippen LogP contribution in [-0.4, -0.2) is 24.0 Å². The highest BCUT2D eigenvalue weighted by Gasteiger charge is 2.49. The normalized spacial score (nSPS) is 22.0. The minimum atomic E-state index is -0.874. The standard InChI is InChI=1S/C13H15NO3/c1-8-5-3-4-6-11(8)14(2)12(15)9-7-10(9)13(16)17/h3-6,9-10H,7H2,1-2H3,(H,16,17)/t9-,10+/m1/s1. The van der Waals surface area contributed by atoms with Gasteiger partial charge in [0.2, 0.25) is 5.91 Å². The van der Waals surface area contributed by atoms with Crippen LogP contribution in [0.4, 0.5) is 5.69 Å². The summed E-state index contributed by atoms with van der Waals surface area (Å²) in [5.74, 6) is -1.82. The highest BCUT2D eigenvalue weighted by atomic mass is 16.4. The van der Waals surface area contributed by atoms with E-state index >= 15 is 0 Å². The number of para-hydroxylation sites is 1. The van der Waals surface area contributed by atoms with E-state index in [1.54, 1.807) is 11.9 Å². The first-order valence-corrected chi connectivity index (χ1v) is 5.58. The number of carbonyl (C=O) groups is 2. The van der Waals surface area contributed by atoms with Gasteiger partial charge >= 0.3 is 5.97 Å². The lowest BCUT2D eigenvalue weighted by molar-refractivity contribution is -0.139. The van der Waals surface area contributed by atoms with Gasteiger partial charge in [0.15, 0.2) is 0 Å². The van der Waals surface area contributed by atoms with Crippen LogP contribution in [0.5, 0.6) is 0 Å². The fraction of sp³-hybridized carbons (Fsp3) is 0.385. The van der Waals surface area contributed by atoms with Crippen molar-refractivity contribution < 1.29 is 14.7 Å². The number of aliphatic carboxylic acids is 1. The zero-order valence-corrected chi connectivity index (χ0v) is 9.88. The van der Waals surface area contributed by atoms with Gasteiger partial charge in [0.05, 0.1) is 11.8 Å². The molecule has 90 valence electrons. The Morgan fingerprint density at radius 1 is 1.29 bits per heavy atom. The minimum Gasteiger partial charge on any atom is -0.481 e. The predicted molar refractivity (Wildman–Crippen MR) is 63.8 cm³/mol. The molecule has 0 aliphatic heterocycles. The number of rotatable bonds is 3. The molecule has 1 N–H and O–H groups in total. The maximum atomic E-state index is 12.0. The molecule has 1 saturated carbocycles. The quantitative estimate of drug-likeness (QED) is 0.864. The number of nitrogens with zero attached hydrogens (tertiary/aromatic N) is 1. The molecular weight excluding hydrogens is 218 g/mol. The molecular formula is C13H15NO3. The Labute approximate surface area is 99.9 Å². The predicted octanol–water partition coefficient (Wildman–Crippen LogP) is 1.68. The molecule has 0 bridgehead atoms. The summed E-state index contributed by atoms with van der Waals surface area (Å²) in [6, 6.07) is 7.58. The third-order valence-corrected chi connectivity index (χ3v) is 3.23. The number of carboxylic acids is 1. The van der Waals surface area contributed by atoms with Gasteiger partial charge in [-0.15, -0.1) is 0 Å². The van der Waals surface area contributed by atoms with Crippen LogP contribution in [0.25, 0.3) is 0 Å². The lowest BCUT2D eigenvalue weighted by atomic mass is 10.1. The second-order valence-electron chi connectivity index (χ2n) is 4.47. The number of hydrogen-bond donors (Lipinski definition) is 1. The molecule has 0 unspecified atom stereocenters. The van der Waals surface area contributed by atoms with Crippen LogP contribution < -0.4 is 4.90 Å². The van der Waals surface area contributed by atoms with Gasteiger partial charge in [-0.1, -0.05) is 18.2 Å². The zero-order valence-electron chi connectivity index (χ0n) is 9.88. The summed E-state index contributed by atoms with van der Waals surface area (Å²) in [6.45, 7) is 1.93. The van der Waals surface area contributed by atoms with E-state index in [-0.39, 0.29) is 11.8 Å². The van der Waals surface area contributed by atoms with Crippen molar-refractivity contribution in [2.45, 2.75) is 13.3 Å². The minimum absolute atomic E-state index is 0.105.